The largest absolute Gasteiger partial charge is 0.444 e. The summed E-state index contributed by atoms with van der Waals surface area (Å²) in [7, 11) is 0. The minimum absolute atomic E-state index is 0. The number of halogens is 1. The summed E-state index contributed by atoms with van der Waals surface area (Å²) in [6, 6.07) is 0.311. The van der Waals surface area contributed by atoms with E-state index >= 15 is 0 Å². The number of nitrogens with two attached hydrogens (primary N) is 1. The van der Waals surface area contributed by atoms with Gasteiger partial charge in [0.2, 0.25) is 0 Å². The van der Waals surface area contributed by atoms with Gasteiger partial charge in [-0.25, -0.2) is 4.79 Å². The van der Waals surface area contributed by atoms with Gasteiger partial charge in [0.05, 0.1) is 23.6 Å². The minimum atomic E-state index is -0.443. The number of aromatic nitrogens is 2. The second-order valence-corrected chi connectivity index (χ2v) is 6.33. The lowest BCUT2D eigenvalue weighted by Gasteiger charge is -2.33. The van der Waals surface area contributed by atoms with E-state index in [1.165, 1.54) is 0 Å². The topological polar surface area (TPSA) is 73.4 Å². The molecule has 1 amide bonds. The van der Waals surface area contributed by atoms with Gasteiger partial charge in [0.15, 0.2) is 0 Å². The molecule has 0 saturated carbocycles. The van der Waals surface area contributed by atoms with Gasteiger partial charge in [-0.05, 0) is 40.5 Å². The van der Waals surface area contributed by atoms with E-state index in [9.17, 15) is 4.79 Å². The molecule has 1 aromatic rings. The Balaban J connectivity index is 0.00000220. The van der Waals surface area contributed by atoms with Crippen molar-refractivity contribution in [3.8, 4) is 0 Å². The normalized spacial score (nSPS) is 16.5. The molecule has 2 heterocycles. The van der Waals surface area contributed by atoms with Crippen LogP contribution in [0.4, 0.5) is 10.5 Å². The molecule has 1 aliphatic rings. The fourth-order valence-corrected chi connectivity index (χ4v) is 2.42. The lowest BCUT2D eigenvalue weighted by Crippen LogP contribution is -2.42. The smallest absolute Gasteiger partial charge is 0.410 e. The summed E-state index contributed by atoms with van der Waals surface area (Å²) in [5.41, 5.74) is 7.10. The molecule has 0 spiro atoms. The highest BCUT2D eigenvalue weighted by molar-refractivity contribution is 5.85. The first-order chi connectivity index (χ1) is 9.28. The van der Waals surface area contributed by atoms with Gasteiger partial charge >= 0.3 is 6.09 Å². The molecular formula is C14H25ClN4O2. The molecule has 0 unspecified atom stereocenters. The van der Waals surface area contributed by atoms with Crippen molar-refractivity contribution in [3.63, 3.8) is 0 Å². The van der Waals surface area contributed by atoms with E-state index in [2.05, 4.69) is 5.10 Å². The Kier molecular flexibility index (Phi) is 5.50. The molecule has 0 radical (unpaired) electrons. The third-order valence-corrected chi connectivity index (χ3v) is 3.54. The first-order valence-corrected chi connectivity index (χ1v) is 7.05. The monoisotopic (exact) mass is 316 g/mol. The summed E-state index contributed by atoms with van der Waals surface area (Å²) >= 11 is 0. The Morgan fingerprint density at radius 2 is 1.95 bits per heavy atom. The molecule has 0 bridgehead atoms. The van der Waals surface area contributed by atoms with Gasteiger partial charge in [0, 0.05) is 13.1 Å². The second kappa shape index (κ2) is 6.56. The highest BCUT2D eigenvalue weighted by Gasteiger charge is 2.28. The number of hydrogen-bond donors (Lipinski definition) is 1. The van der Waals surface area contributed by atoms with E-state index in [0.29, 0.717) is 19.1 Å². The molecule has 1 aliphatic heterocycles. The zero-order valence-electron chi connectivity index (χ0n) is 13.1. The lowest BCUT2D eigenvalue weighted by molar-refractivity contribution is 0.0184. The number of rotatable bonds is 1. The van der Waals surface area contributed by atoms with Crippen molar-refractivity contribution in [3.05, 3.63) is 11.9 Å². The molecule has 0 aliphatic carbocycles. The van der Waals surface area contributed by atoms with Gasteiger partial charge in [0.1, 0.15) is 5.60 Å². The number of hydrogen-bond acceptors (Lipinski definition) is 4. The fourth-order valence-electron chi connectivity index (χ4n) is 2.42. The Labute approximate surface area is 132 Å². The van der Waals surface area contributed by atoms with E-state index < -0.39 is 5.60 Å². The average Bonchev–Trinajstić information content (AvgIpc) is 2.68. The highest BCUT2D eigenvalue weighted by atomic mass is 35.5. The average molecular weight is 317 g/mol. The van der Waals surface area contributed by atoms with Crippen molar-refractivity contribution in [1.29, 1.82) is 0 Å². The molecule has 2 rings (SSSR count). The third kappa shape index (κ3) is 4.27. The first-order valence-electron chi connectivity index (χ1n) is 7.05. The molecule has 1 fully saturated rings. The van der Waals surface area contributed by atoms with Crippen molar-refractivity contribution in [2.24, 2.45) is 0 Å². The number of likely N-dealkylation sites (tertiary alicyclic amines) is 1. The predicted molar refractivity (Wildman–Crippen MR) is 84.7 cm³/mol. The minimum Gasteiger partial charge on any atom is -0.444 e. The molecule has 6 nitrogen and oxygen atoms in total. The van der Waals surface area contributed by atoms with E-state index in [4.69, 9.17) is 10.5 Å². The van der Waals surface area contributed by atoms with Crippen molar-refractivity contribution < 1.29 is 9.53 Å². The summed E-state index contributed by atoms with van der Waals surface area (Å²) in [6.07, 6.45) is 3.21. The van der Waals surface area contributed by atoms with Crippen molar-refractivity contribution in [2.45, 2.75) is 52.2 Å². The molecule has 1 aromatic heterocycles. The van der Waals surface area contributed by atoms with Crippen LogP contribution >= 0.6 is 12.4 Å². The van der Waals surface area contributed by atoms with Crippen LogP contribution < -0.4 is 5.73 Å². The molecular weight excluding hydrogens is 292 g/mol. The summed E-state index contributed by atoms with van der Waals surface area (Å²) < 4.78 is 7.36. The Morgan fingerprint density at radius 1 is 1.38 bits per heavy atom. The van der Waals surface area contributed by atoms with E-state index in [1.807, 2.05) is 32.4 Å². The van der Waals surface area contributed by atoms with E-state index in [-0.39, 0.29) is 18.5 Å². The van der Waals surface area contributed by atoms with Gasteiger partial charge < -0.3 is 15.4 Å². The van der Waals surface area contributed by atoms with Crippen molar-refractivity contribution >= 4 is 24.2 Å². The van der Waals surface area contributed by atoms with Gasteiger partial charge in [-0.3, -0.25) is 4.68 Å². The number of nitrogen functional groups attached to an aromatic ring is 1. The van der Waals surface area contributed by atoms with Crippen LogP contribution in [0.25, 0.3) is 0 Å². The lowest BCUT2D eigenvalue weighted by atomic mass is 10.1. The predicted octanol–water partition coefficient (Wildman–Crippen LogP) is 2.77. The van der Waals surface area contributed by atoms with Crippen LogP contribution in [0.1, 0.15) is 45.3 Å². The highest BCUT2D eigenvalue weighted by Crippen LogP contribution is 2.26. The van der Waals surface area contributed by atoms with Crippen LogP contribution in [0.3, 0.4) is 0 Å². The molecule has 2 N–H and O–H groups in total. The van der Waals surface area contributed by atoms with Gasteiger partial charge in [0.25, 0.3) is 0 Å². The van der Waals surface area contributed by atoms with Crippen LogP contribution in [-0.4, -0.2) is 39.5 Å². The number of carbonyl (C=O) groups is 1. The van der Waals surface area contributed by atoms with Crippen LogP contribution in [0.15, 0.2) is 6.20 Å². The van der Waals surface area contributed by atoms with E-state index in [1.54, 1.807) is 11.1 Å². The number of nitrogens with zero attached hydrogens (tertiary/aromatic N) is 3. The first kappa shape index (κ1) is 17.6. The third-order valence-electron chi connectivity index (χ3n) is 3.54. The number of anilines is 1. The SMILES string of the molecule is Cc1c(N)cnn1C1CCN(C(=O)OC(C)(C)C)CC1.Cl. The maximum atomic E-state index is 12.0. The van der Waals surface area contributed by atoms with Crippen LogP contribution in [0.5, 0.6) is 0 Å². The molecule has 7 heteroatoms. The zero-order valence-corrected chi connectivity index (χ0v) is 13.9. The standard InChI is InChI=1S/C14H24N4O2.ClH/c1-10-12(15)9-16-18(10)11-5-7-17(8-6-11)13(19)20-14(2,3)4;/h9,11H,5-8,15H2,1-4H3;1H. The van der Waals surface area contributed by atoms with Crippen LogP contribution in [-0.2, 0) is 4.74 Å². The Hall–Kier alpha value is -1.43. The summed E-state index contributed by atoms with van der Waals surface area (Å²) in [4.78, 5) is 13.8. The Bertz CT molecular complexity index is 488. The number of carbonyl (C=O) groups excluding carboxylic acids is 1. The molecule has 1 saturated heterocycles. The molecule has 0 atom stereocenters. The fraction of sp³-hybridized carbons (Fsp3) is 0.714. The van der Waals surface area contributed by atoms with Crippen LogP contribution in [0, 0.1) is 6.92 Å². The van der Waals surface area contributed by atoms with Gasteiger partial charge in [-0.15, -0.1) is 12.4 Å². The summed E-state index contributed by atoms with van der Waals surface area (Å²) in [5.74, 6) is 0. The number of piperidine rings is 1. The van der Waals surface area contributed by atoms with Gasteiger partial charge in [-0.1, -0.05) is 0 Å². The quantitative estimate of drug-likeness (QED) is 0.864. The van der Waals surface area contributed by atoms with Crippen molar-refractivity contribution in [1.82, 2.24) is 14.7 Å². The molecule has 120 valence electrons. The molecule has 21 heavy (non-hydrogen) atoms. The zero-order chi connectivity index (χ0) is 14.9. The Morgan fingerprint density at radius 3 is 2.38 bits per heavy atom. The van der Waals surface area contributed by atoms with Crippen LogP contribution in [0.2, 0.25) is 0 Å². The summed E-state index contributed by atoms with van der Waals surface area (Å²) in [6.45, 7) is 9.01. The molecule has 0 aromatic carbocycles. The maximum absolute atomic E-state index is 12.0. The van der Waals surface area contributed by atoms with Gasteiger partial charge in [-0.2, -0.15) is 5.10 Å². The summed E-state index contributed by atoms with van der Waals surface area (Å²) in [5, 5.41) is 4.33. The maximum Gasteiger partial charge on any atom is 0.410 e. The number of amides is 1. The number of ether oxygens (including phenoxy) is 1. The van der Waals surface area contributed by atoms with E-state index in [0.717, 1.165) is 24.2 Å². The van der Waals surface area contributed by atoms with Crippen molar-refractivity contribution in [2.75, 3.05) is 18.8 Å². The second-order valence-electron chi connectivity index (χ2n) is 6.33.